The molecule has 0 amide bonds. The molecule has 3 unspecified atom stereocenters. The molecule has 8 heteroatoms. The van der Waals surface area contributed by atoms with E-state index in [9.17, 15) is 19.8 Å². The van der Waals surface area contributed by atoms with Gasteiger partial charge in [0.25, 0.3) is 0 Å². The van der Waals surface area contributed by atoms with Gasteiger partial charge in [0.05, 0.1) is 12.5 Å². The van der Waals surface area contributed by atoms with Gasteiger partial charge in [0.2, 0.25) is 0 Å². The van der Waals surface area contributed by atoms with Gasteiger partial charge in [0.1, 0.15) is 12.2 Å². The van der Waals surface area contributed by atoms with Crippen LogP contribution in [0.4, 0.5) is 0 Å². The summed E-state index contributed by atoms with van der Waals surface area (Å²) in [5.74, 6) is -5.19. The molecule has 8 nitrogen and oxygen atoms in total. The fraction of sp³-hybridized carbons (Fsp3) is 0.846. The minimum atomic E-state index is -2.74. The first-order valence-corrected chi connectivity index (χ1v) is 6.83. The number of carbonyl (C=O) groups is 2. The summed E-state index contributed by atoms with van der Waals surface area (Å²) in [6.45, 7) is 4.11. The van der Waals surface area contributed by atoms with Gasteiger partial charge in [-0.1, -0.05) is 19.8 Å². The van der Waals surface area contributed by atoms with Gasteiger partial charge in [-0.15, -0.1) is 0 Å². The SMILES string of the molecule is CCCCC(O)CC(O)(OC(=O)C(C)O)OC(=O)C(C)O. The van der Waals surface area contributed by atoms with Crippen molar-refractivity contribution in [3.05, 3.63) is 0 Å². The van der Waals surface area contributed by atoms with Crippen molar-refractivity contribution in [1.29, 1.82) is 0 Å². The molecule has 0 bridgehead atoms. The molecule has 0 heterocycles. The van der Waals surface area contributed by atoms with E-state index in [1.807, 2.05) is 6.92 Å². The highest BCUT2D eigenvalue weighted by Crippen LogP contribution is 2.21. The van der Waals surface area contributed by atoms with Gasteiger partial charge in [-0.2, -0.15) is 0 Å². The smallest absolute Gasteiger partial charge is 0.375 e. The molecule has 0 saturated carbocycles. The molecule has 0 aromatic heterocycles. The lowest BCUT2D eigenvalue weighted by atomic mass is 10.1. The molecule has 124 valence electrons. The van der Waals surface area contributed by atoms with Crippen molar-refractivity contribution < 1.29 is 39.5 Å². The molecule has 0 fully saturated rings. The minimum absolute atomic E-state index is 0.303. The van der Waals surface area contributed by atoms with Gasteiger partial charge in [0, 0.05) is 0 Å². The summed E-state index contributed by atoms with van der Waals surface area (Å²) in [6, 6.07) is 0. The van der Waals surface area contributed by atoms with Crippen LogP contribution < -0.4 is 0 Å². The van der Waals surface area contributed by atoms with E-state index in [2.05, 4.69) is 9.47 Å². The van der Waals surface area contributed by atoms with E-state index in [1.54, 1.807) is 0 Å². The summed E-state index contributed by atoms with van der Waals surface area (Å²) in [5, 5.41) is 37.9. The van der Waals surface area contributed by atoms with E-state index in [0.29, 0.717) is 12.8 Å². The predicted octanol–water partition coefficient (Wildman–Crippen LogP) is -0.578. The number of aliphatic hydroxyl groups excluding tert-OH is 3. The van der Waals surface area contributed by atoms with Crippen molar-refractivity contribution in [2.75, 3.05) is 0 Å². The number of rotatable bonds is 9. The van der Waals surface area contributed by atoms with Gasteiger partial charge < -0.3 is 29.9 Å². The van der Waals surface area contributed by atoms with E-state index < -0.39 is 42.6 Å². The molecule has 0 radical (unpaired) electrons. The van der Waals surface area contributed by atoms with Crippen LogP contribution in [0.3, 0.4) is 0 Å². The van der Waals surface area contributed by atoms with Gasteiger partial charge in [-0.25, -0.2) is 9.59 Å². The molecule has 0 aliphatic rings. The molecule has 0 rings (SSSR count). The molecule has 21 heavy (non-hydrogen) atoms. The summed E-state index contributed by atoms with van der Waals surface area (Å²) < 4.78 is 9.05. The second-order valence-corrected chi connectivity index (χ2v) is 4.91. The van der Waals surface area contributed by atoms with Crippen LogP contribution in [0.15, 0.2) is 0 Å². The summed E-state index contributed by atoms with van der Waals surface area (Å²) >= 11 is 0. The lowest BCUT2D eigenvalue weighted by Gasteiger charge is -2.29. The van der Waals surface area contributed by atoms with E-state index in [-0.39, 0.29) is 0 Å². The predicted molar refractivity (Wildman–Crippen MR) is 70.6 cm³/mol. The van der Waals surface area contributed by atoms with Crippen LogP contribution in [0.1, 0.15) is 46.5 Å². The average molecular weight is 308 g/mol. The lowest BCUT2D eigenvalue weighted by molar-refractivity contribution is -0.338. The van der Waals surface area contributed by atoms with Crippen LogP contribution in [0.25, 0.3) is 0 Å². The first-order valence-electron chi connectivity index (χ1n) is 6.83. The fourth-order valence-corrected chi connectivity index (χ4v) is 1.43. The number of esters is 2. The largest absolute Gasteiger partial charge is 0.396 e. The molecule has 0 aromatic rings. The summed E-state index contributed by atoms with van der Waals surface area (Å²) in [6.07, 6.45) is -2.99. The standard InChI is InChI=1S/C13H24O8/c1-4-5-6-10(16)7-13(19,20-11(17)8(2)14)21-12(18)9(3)15/h8-10,14-16,19H,4-7H2,1-3H3. The maximum Gasteiger partial charge on any atom is 0.375 e. The Hall–Kier alpha value is -1.22. The van der Waals surface area contributed by atoms with Crippen LogP contribution in [-0.4, -0.2) is 56.6 Å². The fourth-order valence-electron chi connectivity index (χ4n) is 1.43. The van der Waals surface area contributed by atoms with Crippen molar-refractivity contribution in [2.24, 2.45) is 0 Å². The molecule has 0 aliphatic heterocycles. The Morgan fingerprint density at radius 1 is 1.05 bits per heavy atom. The van der Waals surface area contributed by atoms with Crippen LogP contribution in [0.2, 0.25) is 0 Å². The van der Waals surface area contributed by atoms with Crippen LogP contribution in [-0.2, 0) is 19.1 Å². The zero-order valence-corrected chi connectivity index (χ0v) is 12.5. The Morgan fingerprint density at radius 2 is 1.48 bits per heavy atom. The van der Waals surface area contributed by atoms with E-state index >= 15 is 0 Å². The zero-order valence-electron chi connectivity index (χ0n) is 12.5. The number of unbranched alkanes of at least 4 members (excludes halogenated alkanes) is 1. The van der Waals surface area contributed by atoms with Crippen molar-refractivity contribution in [1.82, 2.24) is 0 Å². The summed E-state index contributed by atoms with van der Waals surface area (Å²) in [7, 11) is 0. The molecular weight excluding hydrogens is 284 g/mol. The Kier molecular flexibility index (Phi) is 8.41. The second kappa shape index (κ2) is 8.93. The summed E-state index contributed by atoms with van der Waals surface area (Å²) in [5.41, 5.74) is 0. The highest BCUT2D eigenvalue weighted by atomic mass is 16.8. The molecule has 0 saturated heterocycles. The lowest BCUT2D eigenvalue weighted by Crippen LogP contribution is -2.46. The number of aliphatic hydroxyl groups is 4. The Labute approximate surface area is 123 Å². The topological polar surface area (TPSA) is 134 Å². The third-order valence-corrected chi connectivity index (χ3v) is 2.59. The van der Waals surface area contributed by atoms with Gasteiger partial charge in [0.15, 0.2) is 0 Å². The quantitative estimate of drug-likeness (QED) is 0.328. The van der Waals surface area contributed by atoms with Crippen LogP contribution >= 0.6 is 0 Å². The van der Waals surface area contributed by atoms with Crippen LogP contribution in [0, 0.1) is 0 Å². The minimum Gasteiger partial charge on any atom is -0.396 e. The first-order chi connectivity index (χ1) is 9.61. The first kappa shape index (κ1) is 19.8. The highest BCUT2D eigenvalue weighted by molar-refractivity contribution is 5.76. The van der Waals surface area contributed by atoms with Crippen LogP contribution in [0.5, 0.6) is 0 Å². The molecule has 4 N–H and O–H groups in total. The maximum absolute atomic E-state index is 11.3. The monoisotopic (exact) mass is 308 g/mol. The van der Waals surface area contributed by atoms with Crippen molar-refractivity contribution in [3.8, 4) is 0 Å². The zero-order chi connectivity index (χ0) is 16.6. The van der Waals surface area contributed by atoms with E-state index in [0.717, 1.165) is 20.3 Å². The molecule has 0 aliphatic carbocycles. The van der Waals surface area contributed by atoms with E-state index in [1.165, 1.54) is 0 Å². The molecular formula is C13H24O8. The average Bonchev–Trinajstić information content (AvgIpc) is 2.35. The third kappa shape index (κ3) is 7.96. The van der Waals surface area contributed by atoms with Crippen molar-refractivity contribution >= 4 is 11.9 Å². The van der Waals surface area contributed by atoms with Gasteiger partial charge in [-0.3, -0.25) is 0 Å². The Balaban J connectivity index is 4.89. The number of hydrogen-bond donors (Lipinski definition) is 4. The third-order valence-electron chi connectivity index (χ3n) is 2.59. The van der Waals surface area contributed by atoms with E-state index in [4.69, 9.17) is 10.2 Å². The van der Waals surface area contributed by atoms with Crippen molar-refractivity contribution in [2.45, 2.75) is 70.7 Å². The van der Waals surface area contributed by atoms with Crippen molar-refractivity contribution in [3.63, 3.8) is 0 Å². The highest BCUT2D eigenvalue weighted by Gasteiger charge is 2.40. The molecule has 0 spiro atoms. The normalized spacial score (nSPS) is 18.2. The van der Waals surface area contributed by atoms with Gasteiger partial charge >= 0.3 is 17.9 Å². The second-order valence-electron chi connectivity index (χ2n) is 4.91. The maximum atomic E-state index is 11.3. The Morgan fingerprint density at radius 3 is 1.81 bits per heavy atom. The molecule has 3 atom stereocenters. The van der Waals surface area contributed by atoms with Gasteiger partial charge in [-0.05, 0) is 20.3 Å². The number of carbonyl (C=O) groups excluding carboxylic acids is 2. The Bertz CT molecular complexity index is 317. The number of ether oxygens (including phenoxy) is 2. The number of hydrogen-bond acceptors (Lipinski definition) is 8. The molecule has 0 aromatic carbocycles. The summed E-state index contributed by atoms with van der Waals surface area (Å²) in [4.78, 5) is 22.7.